The average Bonchev–Trinajstić information content (AvgIpc) is 2.74. The number of hydrogen-bond acceptors (Lipinski definition) is 6. The van der Waals surface area contributed by atoms with E-state index in [0.29, 0.717) is 6.42 Å². The fourth-order valence-electron chi connectivity index (χ4n) is 3.05. The molecule has 0 spiro atoms. The molecule has 0 heterocycles. The van der Waals surface area contributed by atoms with Crippen LogP contribution in [-0.2, 0) is 31.0 Å². The van der Waals surface area contributed by atoms with E-state index in [-0.39, 0.29) is 47.0 Å². The van der Waals surface area contributed by atoms with E-state index in [1.165, 1.54) is 30.3 Å². The number of nitrogens with zero attached hydrogens (tertiary/aromatic N) is 1. The van der Waals surface area contributed by atoms with Crippen LogP contribution in [0, 0.1) is 5.82 Å². The number of aliphatic hydroxyl groups is 1. The maximum absolute atomic E-state index is 14.9. The molecule has 0 radical (unpaired) electrons. The summed E-state index contributed by atoms with van der Waals surface area (Å²) in [4.78, 5) is 36.1. The summed E-state index contributed by atoms with van der Waals surface area (Å²) in [5.74, 6) is -2.89. The fraction of sp³-hybridized carbons (Fsp3) is 0.318. The number of benzene rings is 2. The molecular weight excluding hydrogens is 453 g/mol. The number of amides is 3. The van der Waals surface area contributed by atoms with Gasteiger partial charge >= 0.3 is 0 Å². The van der Waals surface area contributed by atoms with Crippen molar-refractivity contribution in [2.24, 2.45) is 5.73 Å². The molecule has 0 saturated carbocycles. The maximum atomic E-state index is 14.9. The summed E-state index contributed by atoms with van der Waals surface area (Å²) >= 11 is 0. The normalized spacial score (nSPS) is 12.1. The van der Waals surface area contributed by atoms with Gasteiger partial charge in [0.1, 0.15) is 11.9 Å². The smallest absolute Gasteiger partial charge is 0.264 e. The molecule has 1 atom stereocenters. The number of primary amides is 1. The predicted molar refractivity (Wildman–Crippen MR) is 118 cm³/mol. The van der Waals surface area contributed by atoms with Crippen molar-refractivity contribution >= 4 is 27.7 Å². The molecule has 2 aromatic rings. The standard InChI is InChI=1S/C22H26FN3O6S/c1-3-6-21(29)26(13-20(24)28)12-16-10-9-15(11-18(16)23)17-7-4-5-8-19(17)33(31,32)25-22(30)14(2)27/h4-5,7-11,14,27H,3,6,12-13H2,1-2H3,(H2,24,28)(H,25,30)/t14-/m0/s1. The summed E-state index contributed by atoms with van der Waals surface area (Å²) in [6, 6.07) is 9.64. The number of hydrogen-bond donors (Lipinski definition) is 3. The second-order valence-corrected chi connectivity index (χ2v) is 9.07. The maximum Gasteiger partial charge on any atom is 0.264 e. The Balaban J connectivity index is 2.40. The van der Waals surface area contributed by atoms with E-state index in [1.807, 2.05) is 0 Å². The van der Waals surface area contributed by atoms with Crippen molar-refractivity contribution in [2.75, 3.05) is 6.54 Å². The molecule has 11 heteroatoms. The third-order valence-electron chi connectivity index (χ3n) is 4.68. The highest BCUT2D eigenvalue weighted by molar-refractivity contribution is 7.90. The minimum atomic E-state index is -4.34. The highest BCUT2D eigenvalue weighted by Gasteiger charge is 2.24. The number of carbonyl (C=O) groups excluding carboxylic acids is 3. The Hall–Kier alpha value is -3.31. The van der Waals surface area contributed by atoms with E-state index in [2.05, 4.69) is 0 Å². The lowest BCUT2D eigenvalue weighted by molar-refractivity contribution is -0.135. The zero-order valence-electron chi connectivity index (χ0n) is 18.2. The molecule has 0 bridgehead atoms. The molecule has 3 amide bonds. The van der Waals surface area contributed by atoms with Gasteiger partial charge in [0.15, 0.2) is 0 Å². The van der Waals surface area contributed by atoms with E-state index in [0.717, 1.165) is 17.9 Å². The Bertz CT molecular complexity index is 1150. The largest absolute Gasteiger partial charge is 0.384 e. The van der Waals surface area contributed by atoms with Gasteiger partial charge in [-0.15, -0.1) is 0 Å². The van der Waals surface area contributed by atoms with Crippen molar-refractivity contribution in [3.8, 4) is 11.1 Å². The van der Waals surface area contributed by atoms with Crippen molar-refractivity contribution in [2.45, 2.75) is 44.2 Å². The Kier molecular flexibility index (Phi) is 8.66. The highest BCUT2D eigenvalue weighted by Crippen LogP contribution is 2.29. The number of carbonyl (C=O) groups is 3. The average molecular weight is 480 g/mol. The molecule has 2 rings (SSSR count). The van der Waals surface area contributed by atoms with Gasteiger partial charge in [0.25, 0.3) is 15.9 Å². The van der Waals surface area contributed by atoms with Crippen LogP contribution in [0.5, 0.6) is 0 Å². The van der Waals surface area contributed by atoms with Gasteiger partial charge in [-0.1, -0.05) is 37.3 Å². The lowest BCUT2D eigenvalue weighted by Crippen LogP contribution is -2.38. The van der Waals surface area contributed by atoms with Crippen molar-refractivity contribution in [1.29, 1.82) is 0 Å². The first-order valence-corrected chi connectivity index (χ1v) is 11.6. The number of halogens is 1. The minimum Gasteiger partial charge on any atom is -0.384 e. The first kappa shape index (κ1) is 25.9. The monoisotopic (exact) mass is 479 g/mol. The van der Waals surface area contributed by atoms with Gasteiger partial charge in [-0.3, -0.25) is 14.4 Å². The van der Waals surface area contributed by atoms with Gasteiger partial charge in [-0.05, 0) is 31.0 Å². The number of rotatable bonds is 10. The fourth-order valence-corrected chi connectivity index (χ4v) is 4.33. The summed E-state index contributed by atoms with van der Waals surface area (Å²) in [6.07, 6.45) is -0.814. The number of nitrogens with two attached hydrogens (primary N) is 1. The Morgan fingerprint density at radius 3 is 2.42 bits per heavy atom. The van der Waals surface area contributed by atoms with Gasteiger partial charge < -0.3 is 15.7 Å². The van der Waals surface area contributed by atoms with Crippen LogP contribution in [0.3, 0.4) is 0 Å². The topological polar surface area (TPSA) is 147 Å². The molecule has 4 N–H and O–H groups in total. The molecule has 0 aromatic heterocycles. The lowest BCUT2D eigenvalue weighted by atomic mass is 10.0. The van der Waals surface area contributed by atoms with Crippen molar-refractivity contribution < 1.29 is 32.3 Å². The molecule has 0 unspecified atom stereocenters. The second kappa shape index (κ2) is 11.0. The summed E-state index contributed by atoms with van der Waals surface area (Å²) in [5.41, 5.74) is 5.66. The van der Waals surface area contributed by atoms with Gasteiger partial charge in [0.05, 0.1) is 11.4 Å². The first-order valence-electron chi connectivity index (χ1n) is 10.1. The predicted octanol–water partition coefficient (Wildman–Crippen LogP) is 1.29. The molecular formula is C22H26FN3O6S. The van der Waals surface area contributed by atoms with Gasteiger partial charge in [0.2, 0.25) is 11.8 Å². The van der Waals surface area contributed by atoms with Crippen LogP contribution in [0.2, 0.25) is 0 Å². The van der Waals surface area contributed by atoms with Crippen LogP contribution in [0.4, 0.5) is 4.39 Å². The lowest BCUT2D eigenvalue weighted by Gasteiger charge is -2.21. The molecule has 0 aliphatic heterocycles. The molecule has 2 aromatic carbocycles. The van der Waals surface area contributed by atoms with Crippen LogP contribution in [0.25, 0.3) is 11.1 Å². The summed E-state index contributed by atoms with van der Waals surface area (Å²) in [5, 5.41) is 9.30. The second-order valence-electron chi connectivity index (χ2n) is 7.41. The zero-order valence-corrected chi connectivity index (χ0v) is 19.1. The Labute approximate surface area is 191 Å². The highest BCUT2D eigenvalue weighted by atomic mass is 32.2. The minimum absolute atomic E-state index is 0.118. The Morgan fingerprint density at radius 2 is 1.85 bits per heavy atom. The van der Waals surface area contributed by atoms with Gasteiger partial charge in [-0.2, -0.15) is 0 Å². The van der Waals surface area contributed by atoms with Gasteiger partial charge in [0, 0.05) is 24.1 Å². The summed E-state index contributed by atoms with van der Waals surface area (Å²) in [6.45, 7) is 2.38. The third kappa shape index (κ3) is 6.83. The van der Waals surface area contributed by atoms with E-state index in [4.69, 9.17) is 5.73 Å². The molecule has 178 valence electrons. The Morgan fingerprint density at radius 1 is 1.18 bits per heavy atom. The van der Waals surface area contributed by atoms with Crippen LogP contribution in [0.15, 0.2) is 47.4 Å². The van der Waals surface area contributed by atoms with Gasteiger partial charge in [-0.25, -0.2) is 17.5 Å². The third-order valence-corrected chi connectivity index (χ3v) is 6.08. The van der Waals surface area contributed by atoms with E-state index in [1.54, 1.807) is 17.7 Å². The van der Waals surface area contributed by atoms with Crippen LogP contribution >= 0.6 is 0 Å². The molecule has 0 saturated heterocycles. The molecule has 0 aliphatic rings. The molecule has 9 nitrogen and oxygen atoms in total. The zero-order chi connectivity index (χ0) is 24.8. The number of sulfonamides is 1. The van der Waals surface area contributed by atoms with Crippen LogP contribution in [0.1, 0.15) is 32.3 Å². The van der Waals surface area contributed by atoms with Crippen molar-refractivity contribution in [3.63, 3.8) is 0 Å². The molecule has 0 aliphatic carbocycles. The van der Waals surface area contributed by atoms with E-state index < -0.39 is 33.8 Å². The van der Waals surface area contributed by atoms with Crippen molar-refractivity contribution in [1.82, 2.24) is 9.62 Å². The van der Waals surface area contributed by atoms with E-state index in [9.17, 15) is 32.3 Å². The quantitative estimate of drug-likeness (QED) is 0.468. The molecule has 33 heavy (non-hydrogen) atoms. The van der Waals surface area contributed by atoms with Crippen molar-refractivity contribution in [3.05, 3.63) is 53.8 Å². The van der Waals surface area contributed by atoms with E-state index >= 15 is 0 Å². The van der Waals surface area contributed by atoms with Crippen LogP contribution < -0.4 is 10.5 Å². The SMILES string of the molecule is CCCC(=O)N(CC(N)=O)Cc1ccc(-c2ccccc2S(=O)(=O)NC(=O)[C@H](C)O)cc1F. The molecule has 0 fully saturated rings. The van der Waals surface area contributed by atoms with Crippen LogP contribution in [-0.4, -0.2) is 48.8 Å². The summed E-state index contributed by atoms with van der Waals surface area (Å²) in [7, 11) is -4.34. The number of aliphatic hydroxyl groups excluding tert-OH is 1. The summed E-state index contributed by atoms with van der Waals surface area (Å²) < 4.78 is 42.0. The number of nitrogens with one attached hydrogen (secondary N) is 1. The first-order chi connectivity index (χ1) is 15.5.